The van der Waals surface area contributed by atoms with E-state index in [9.17, 15) is 9.59 Å². The van der Waals surface area contributed by atoms with Crippen LogP contribution in [-0.2, 0) is 9.59 Å². The molecule has 2 amide bonds. The monoisotopic (exact) mass is 243 g/mol. The van der Waals surface area contributed by atoms with E-state index in [0.717, 1.165) is 0 Å². The lowest BCUT2D eigenvalue weighted by molar-refractivity contribution is -0.138. The highest BCUT2D eigenvalue weighted by Crippen LogP contribution is 2.18. The Hall–Kier alpha value is -1.10. The van der Waals surface area contributed by atoms with Crippen LogP contribution >= 0.6 is 0 Å². The molecule has 0 aromatic rings. The van der Waals surface area contributed by atoms with Gasteiger partial charge in [-0.05, 0) is 19.3 Å². The quantitative estimate of drug-likeness (QED) is 0.731. The lowest BCUT2D eigenvalue weighted by atomic mass is 9.86. The van der Waals surface area contributed by atoms with Gasteiger partial charge in [0.05, 0.1) is 12.6 Å². The number of hydrogen-bond acceptors (Lipinski definition) is 3. The molecule has 1 unspecified atom stereocenters. The average molecular weight is 243 g/mol. The second-order valence-electron chi connectivity index (χ2n) is 5.15. The molecule has 3 N–H and O–H groups in total. The lowest BCUT2D eigenvalue weighted by Gasteiger charge is -2.31. The second kappa shape index (κ2) is 6.59. The Morgan fingerprint density at radius 1 is 1.29 bits per heavy atom. The first-order chi connectivity index (χ1) is 7.73. The van der Waals surface area contributed by atoms with E-state index >= 15 is 0 Å². The van der Waals surface area contributed by atoms with Crippen molar-refractivity contribution in [3.05, 3.63) is 0 Å². The number of nitrogens with zero attached hydrogens (tertiary/aromatic N) is 1. The van der Waals surface area contributed by atoms with Gasteiger partial charge in [-0.1, -0.05) is 20.8 Å². The van der Waals surface area contributed by atoms with Crippen molar-refractivity contribution in [2.45, 2.75) is 40.7 Å². The Morgan fingerprint density at radius 2 is 1.82 bits per heavy atom. The van der Waals surface area contributed by atoms with Crippen LogP contribution in [0.3, 0.4) is 0 Å². The molecule has 1 atom stereocenters. The van der Waals surface area contributed by atoms with Gasteiger partial charge in [-0.3, -0.25) is 9.59 Å². The molecular formula is C12H25N3O2. The highest BCUT2D eigenvalue weighted by molar-refractivity contribution is 5.87. The molecule has 0 aliphatic carbocycles. The minimum atomic E-state index is -0.586. The number of carbonyl (C=O) groups is 2. The molecule has 5 nitrogen and oxygen atoms in total. The summed E-state index contributed by atoms with van der Waals surface area (Å²) >= 11 is 0. The Labute approximate surface area is 104 Å². The van der Waals surface area contributed by atoms with Gasteiger partial charge < -0.3 is 16.0 Å². The van der Waals surface area contributed by atoms with Crippen LogP contribution in [0.25, 0.3) is 0 Å². The smallest absolute Gasteiger partial charge is 0.240 e. The SMILES string of the molecule is CCNC(=O)CN(CC)C(=O)C(N)C(C)(C)C. The number of amides is 2. The Balaban J connectivity index is 4.56. The number of nitrogens with two attached hydrogens (primary N) is 1. The molecule has 0 rings (SSSR count). The molecule has 0 spiro atoms. The zero-order valence-electron chi connectivity index (χ0n) is 11.5. The fourth-order valence-electron chi connectivity index (χ4n) is 1.34. The van der Waals surface area contributed by atoms with Crippen LogP contribution in [0.1, 0.15) is 34.6 Å². The maximum absolute atomic E-state index is 12.1. The minimum Gasteiger partial charge on any atom is -0.355 e. The van der Waals surface area contributed by atoms with Gasteiger partial charge >= 0.3 is 0 Å². The van der Waals surface area contributed by atoms with Crippen LogP contribution in [0.15, 0.2) is 0 Å². The normalized spacial score (nSPS) is 13.1. The second-order valence-corrected chi connectivity index (χ2v) is 5.15. The zero-order chi connectivity index (χ0) is 13.6. The highest BCUT2D eigenvalue weighted by Gasteiger charge is 2.31. The topological polar surface area (TPSA) is 75.4 Å². The number of hydrogen-bond donors (Lipinski definition) is 2. The van der Waals surface area contributed by atoms with Crippen molar-refractivity contribution in [3.63, 3.8) is 0 Å². The minimum absolute atomic E-state index is 0.0763. The summed E-state index contributed by atoms with van der Waals surface area (Å²) in [6.07, 6.45) is 0. The van der Waals surface area contributed by atoms with Gasteiger partial charge in [0.2, 0.25) is 11.8 Å². The third-order valence-corrected chi connectivity index (χ3v) is 2.60. The number of rotatable bonds is 5. The van der Waals surface area contributed by atoms with Crippen molar-refractivity contribution in [2.75, 3.05) is 19.6 Å². The van der Waals surface area contributed by atoms with Crippen LogP contribution in [-0.4, -0.2) is 42.4 Å². The molecule has 0 radical (unpaired) electrons. The van der Waals surface area contributed by atoms with Gasteiger partial charge in [-0.2, -0.15) is 0 Å². The predicted molar refractivity (Wildman–Crippen MR) is 68.4 cm³/mol. The lowest BCUT2D eigenvalue weighted by Crippen LogP contribution is -2.52. The summed E-state index contributed by atoms with van der Waals surface area (Å²) < 4.78 is 0. The van der Waals surface area contributed by atoms with E-state index in [-0.39, 0.29) is 23.8 Å². The number of carbonyl (C=O) groups excluding carboxylic acids is 2. The van der Waals surface area contributed by atoms with Crippen LogP contribution in [0, 0.1) is 5.41 Å². The van der Waals surface area contributed by atoms with E-state index < -0.39 is 6.04 Å². The van der Waals surface area contributed by atoms with Gasteiger partial charge in [0.15, 0.2) is 0 Å². The molecule has 5 heteroatoms. The molecular weight excluding hydrogens is 218 g/mol. The van der Waals surface area contributed by atoms with Crippen molar-refractivity contribution in [1.29, 1.82) is 0 Å². The standard InChI is InChI=1S/C12H25N3O2/c1-6-14-9(16)8-15(7-2)11(17)10(13)12(3,4)5/h10H,6-8,13H2,1-5H3,(H,14,16). The van der Waals surface area contributed by atoms with Crippen molar-refractivity contribution in [1.82, 2.24) is 10.2 Å². The molecule has 0 bridgehead atoms. The molecule has 100 valence electrons. The summed E-state index contributed by atoms with van der Waals surface area (Å²) in [6.45, 7) is 10.5. The van der Waals surface area contributed by atoms with Crippen molar-refractivity contribution >= 4 is 11.8 Å². The van der Waals surface area contributed by atoms with Crippen LogP contribution in [0.2, 0.25) is 0 Å². The summed E-state index contributed by atoms with van der Waals surface area (Å²) in [7, 11) is 0. The molecule has 0 saturated heterocycles. The van der Waals surface area contributed by atoms with E-state index in [1.165, 1.54) is 4.90 Å². The van der Waals surface area contributed by atoms with Crippen molar-refractivity contribution in [3.8, 4) is 0 Å². The molecule has 0 heterocycles. The Morgan fingerprint density at radius 3 is 2.18 bits per heavy atom. The van der Waals surface area contributed by atoms with E-state index in [2.05, 4.69) is 5.32 Å². The number of nitrogens with one attached hydrogen (secondary N) is 1. The third-order valence-electron chi connectivity index (χ3n) is 2.60. The molecule has 17 heavy (non-hydrogen) atoms. The predicted octanol–water partition coefficient (Wildman–Crippen LogP) is 0.344. The van der Waals surface area contributed by atoms with E-state index in [1.807, 2.05) is 34.6 Å². The Kier molecular flexibility index (Phi) is 6.16. The first-order valence-corrected chi connectivity index (χ1v) is 6.05. The van der Waals surface area contributed by atoms with Crippen molar-refractivity contribution in [2.24, 2.45) is 11.1 Å². The van der Waals surface area contributed by atoms with Crippen LogP contribution < -0.4 is 11.1 Å². The third kappa shape index (κ3) is 5.17. The van der Waals surface area contributed by atoms with Crippen molar-refractivity contribution < 1.29 is 9.59 Å². The van der Waals surface area contributed by atoms with E-state index in [1.54, 1.807) is 0 Å². The molecule has 0 aromatic carbocycles. The van der Waals surface area contributed by atoms with Gasteiger partial charge in [-0.25, -0.2) is 0 Å². The summed E-state index contributed by atoms with van der Waals surface area (Å²) in [5.41, 5.74) is 5.60. The highest BCUT2D eigenvalue weighted by atomic mass is 16.2. The summed E-state index contributed by atoms with van der Waals surface area (Å²) in [5.74, 6) is -0.324. The van der Waals surface area contributed by atoms with Crippen LogP contribution in [0.4, 0.5) is 0 Å². The molecule has 0 aliphatic heterocycles. The number of likely N-dealkylation sites (N-methyl/N-ethyl adjacent to an activating group) is 2. The first kappa shape index (κ1) is 15.9. The van der Waals surface area contributed by atoms with Gasteiger partial charge in [-0.15, -0.1) is 0 Å². The van der Waals surface area contributed by atoms with E-state index in [0.29, 0.717) is 13.1 Å². The summed E-state index contributed by atoms with van der Waals surface area (Å²) in [5, 5.41) is 2.67. The fourth-order valence-corrected chi connectivity index (χ4v) is 1.34. The van der Waals surface area contributed by atoms with Gasteiger partial charge in [0.25, 0.3) is 0 Å². The summed E-state index contributed by atoms with van der Waals surface area (Å²) in [4.78, 5) is 25.0. The molecule has 0 aromatic heterocycles. The maximum atomic E-state index is 12.1. The largest absolute Gasteiger partial charge is 0.355 e. The fraction of sp³-hybridized carbons (Fsp3) is 0.833. The summed E-state index contributed by atoms with van der Waals surface area (Å²) in [6, 6.07) is -0.586. The maximum Gasteiger partial charge on any atom is 0.240 e. The molecule has 0 saturated carbocycles. The van der Waals surface area contributed by atoms with E-state index in [4.69, 9.17) is 5.73 Å². The van der Waals surface area contributed by atoms with Gasteiger partial charge in [0, 0.05) is 13.1 Å². The molecule has 0 aliphatic rings. The Bertz CT molecular complexity index is 271. The molecule has 0 fully saturated rings. The van der Waals surface area contributed by atoms with Gasteiger partial charge in [0.1, 0.15) is 0 Å². The first-order valence-electron chi connectivity index (χ1n) is 6.05. The van der Waals surface area contributed by atoms with Crippen LogP contribution in [0.5, 0.6) is 0 Å². The average Bonchev–Trinajstić information content (AvgIpc) is 2.23. The zero-order valence-corrected chi connectivity index (χ0v) is 11.5.